The lowest BCUT2D eigenvalue weighted by atomic mass is 10.0. The van der Waals surface area contributed by atoms with Crippen LogP contribution in [0.1, 0.15) is 123 Å². The first-order valence-corrected chi connectivity index (χ1v) is 39.3. The van der Waals surface area contributed by atoms with Crippen molar-refractivity contribution in [1.82, 2.24) is 0 Å². The van der Waals surface area contributed by atoms with Crippen LogP contribution in [0.5, 0.6) is 34.5 Å². The van der Waals surface area contributed by atoms with Crippen molar-refractivity contribution in [2.45, 2.75) is 96.3 Å². The molecular weight excluding hydrogens is 1450 g/mol. The lowest BCUT2D eigenvalue weighted by Gasteiger charge is -2.11. The molecule has 0 atom stereocenters. The molecule has 0 spiro atoms. The van der Waals surface area contributed by atoms with Gasteiger partial charge in [-0.2, -0.15) is 8.42 Å². The number of anilines is 1. The smallest absolute Gasteiger partial charge is 0.294 e. The Kier molecular flexibility index (Phi) is 38.8. The van der Waals surface area contributed by atoms with Gasteiger partial charge in [0.25, 0.3) is 10.1 Å². The van der Waals surface area contributed by atoms with Gasteiger partial charge < -0.3 is 34.8 Å². The zero-order valence-electron chi connectivity index (χ0n) is 65.5. The van der Waals surface area contributed by atoms with Crippen molar-refractivity contribution in [3.8, 4) is 34.5 Å². The number of hydrogen-bond donors (Lipinski definition) is 5. The van der Waals surface area contributed by atoms with E-state index in [1.807, 2.05) is 155 Å². The van der Waals surface area contributed by atoms with Crippen molar-refractivity contribution in [3.05, 3.63) is 348 Å². The first kappa shape index (κ1) is 88.3. The van der Waals surface area contributed by atoms with Gasteiger partial charge in [-0.15, -0.1) is 0 Å². The Labute approximate surface area is 671 Å². The number of rotatable bonds is 28. The first-order chi connectivity index (χ1) is 55.3. The standard InChI is InChI=1S/C27H39NO.C16H18N2O.C14H13NO.C13H10FNO.C13H11NO4S.C13H11NO/c1-3-5-7-9-10-11-13-24-14-18-26(19-15-24)28-23-25-16-20-27(21-17-25)29-22-12-8-6-4-2;1-18(2)15-8-4-13(5-9-15)12-17-14-6-10-16(19-3)11-7-14;1-11-2-6-13(7-3-11)15-10-12-4-8-14(16)9-5-12;14-11-3-5-12(6-4-11)15-9-10-1-7-13(16)8-2-10;15-13-7-6-12(19(16,17)18)8-10(13)9-14-11-4-2-1-3-5-11;15-13-8-6-11(7-9-13)10-14-12-4-2-1-3-5-12/h14-21,23H,3-13,22H2,1-2H3;4-12H,1-3H3;2-10,16H,1H3;1-9,16H;1-9,15H,(H,16,17,18);1-10,15H. The van der Waals surface area contributed by atoms with Gasteiger partial charge in [-0.25, -0.2) is 4.39 Å². The van der Waals surface area contributed by atoms with Crippen molar-refractivity contribution in [1.29, 1.82) is 0 Å². The number of aromatic hydroxyl groups is 4. The fourth-order valence-electron chi connectivity index (χ4n) is 10.3. The maximum absolute atomic E-state index is 12.6. The van der Waals surface area contributed by atoms with Gasteiger partial charge >= 0.3 is 0 Å². The number of phenols is 4. The number of unbranched alkanes of at least 4 members (excludes halogenated alkanes) is 8. The molecule has 12 aromatic carbocycles. The molecule has 18 heteroatoms. The Morgan fingerprint density at radius 3 is 1.15 bits per heavy atom. The molecule has 16 nitrogen and oxygen atoms in total. The highest BCUT2D eigenvalue weighted by Gasteiger charge is 2.12. The Morgan fingerprint density at radius 2 is 0.737 bits per heavy atom. The van der Waals surface area contributed by atoms with Gasteiger partial charge in [-0.3, -0.25) is 34.5 Å². The molecule has 588 valence electrons. The number of aryl methyl sites for hydroxylation is 2. The average molecular weight is 1550 g/mol. The molecule has 12 aromatic rings. The molecule has 5 N–H and O–H groups in total. The van der Waals surface area contributed by atoms with E-state index in [2.05, 4.69) is 109 Å². The second kappa shape index (κ2) is 50.1. The van der Waals surface area contributed by atoms with Crippen LogP contribution >= 0.6 is 0 Å². The topological polar surface area (TPSA) is 231 Å². The summed E-state index contributed by atoms with van der Waals surface area (Å²) in [5.41, 5.74) is 14.2. The van der Waals surface area contributed by atoms with E-state index >= 15 is 0 Å². The van der Waals surface area contributed by atoms with Crippen molar-refractivity contribution in [2.75, 3.05) is 32.7 Å². The van der Waals surface area contributed by atoms with Crippen LogP contribution in [0, 0.1) is 12.7 Å². The van der Waals surface area contributed by atoms with E-state index in [1.54, 1.807) is 111 Å². The Morgan fingerprint density at radius 1 is 0.386 bits per heavy atom. The summed E-state index contributed by atoms with van der Waals surface area (Å²) in [5.74, 6) is 2.15. The van der Waals surface area contributed by atoms with E-state index in [0.717, 1.165) is 87.2 Å². The molecule has 0 aliphatic carbocycles. The van der Waals surface area contributed by atoms with Gasteiger partial charge in [0.1, 0.15) is 40.3 Å². The molecule has 0 fully saturated rings. The number of methoxy groups -OCH3 is 1. The summed E-state index contributed by atoms with van der Waals surface area (Å²) < 4.78 is 54.5. The highest BCUT2D eigenvalue weighted by Crippen LogP contribution is 2.25. The minimum Gasteiger partial charge on any atom is -0.508 e. The van der Waals surface area contributed by atoms with E-state index < -0.39 is 10.1 Å². The van der Waals surface area contributed by atoms with Gasteiger partial charge in [0.15, 0.2) is 0 Å². The van der Waals surface area contributed by atoms with Crippen LogP contribution < -0.4 is 14.4 Å². The number of aliphatic imine (C=N–C) groups is 6. The number of hydrogen-bond acceptors (Lipinski definition) is 15. The van der Waals surface area contributed by atoms with Gasteiger partial charge in [0.2, 0.25) is 0 Å². The lowest BCUT2D eigenvalue weighted by Crippen LogP contribution is -2.08. The minimum atomic E-state index is -4.30. The summed E-state index contributed by atoms with van der Waals surface area (Å²) in [7, 11) is 1.42. The molecular formula is C96H102FN7O9S. The van der Waals surface area contributed by atoms with Crippen molar-refractivity contribution in [2.24, 2.45) is 30.0 Å². The van der Waals surface area contributed by atoms with Crippen LogP contribution in [-0.4, -0.2) is 98.5 Å². The van der Waals surface area contributed by atoms with Gasteiger partial charge in [0.05, 0.1) is 52.7 Å². The molecule has 0 aromatic heterocycles. The molecule has 0 bridgehead atoms. The van der Waals surface area contributed by atoms with Crippen LogP contribution in [0.25, 0.3) is 0 Å². The monoisotopic (exact) mass is 1550 g/mol. The summed E-state index contributed by atoms with van der Waals surface area (Å²) in [6, 6.07) is 89.5. The van der Waals surface area contributed by atoms with Gasteiger partial charge in [-0.1, -0.05) is 144 Å². The minimum absolute atomic E-state index is 0.118. The highest BCUT2D eigenvalue weighted by molar-refractivity contribution is 7.85. The molecule has 0 saturated heterocycles. The Balaban J connectivity index is 0.000000192. The summed E-state index contributed by atoms with van der Waals surface area (Å²) >= 11 is 0. The summed E-state index contributed by atoms with van der Waals surface area (Å²) in [6.45, 7) is 7.35. The highest BCUT2D eigenvalue weighted by atomic mass is 32.2. The van der Waals surface area contributed by atoms with Crippen LogP contribution in [0.15, 0.2) is 332 Å². The molecule has 0 heterocycles. The Hall–Kier alpha value is -12.9. The Bertz CT molecular complexity index is 4810. The normalized spacial score (nSPS) is 11.1. The number of para-hydroxylation sites is 2. The molecule has 114 heavy (non-hydrogen) atoms. The summed E-state index contributed by atoms with van der Waals surface area (Å²) in [5, 5.41) is 36.9. The van der Waals surface area contributed by atoms with E-state index in [0.29, 0.717) is 11.4 Å². The summed E-state index contributed by atoms with van der Waals surface area (Å²) in [4.78, 5) is 27.7. The maximum Gasteiger partial charge on any atom is 0.294 e. The van der Waals surface area contributed by atoms with E-state index in [9.17, 15) is 17.9 Å². The van der Waals surface area contributed by atoms with E-state index in [-0.39, 0.29) is 39.3 Å². The van der Waals surface area contributed by atoms with E-state index in [4.69, 9.17) is 29.3 Å². The van der Waals surface area contributed by atoms with Crippen LogP contribution in [0.3, 0.4) is 0 Å². The number of ether oxygens (including phenoxy) is 2. The van der Waals surface area contributed by atoms with Crippen molar-refractivity contribution in [3.63, 3.8) is 0 Å². The van der Waals surface area contributed by atoms with Crippen LogP contribution in [-0.2, 0) is 16.5 Å². The van der Waals surface area contributed by atoms with Crippen molar-refractivity contribution >= 4 is 87.2 Å². The van der Waals surface area contributed by atoms with Crippen LogP contribution in [0.4, 0.5) is 44.2 Å². The third-order valence-electron chi connectivity index (χ3n) is 16.9. The third kappa shape index (κ3) is 35.9. The van der Waals surface area contributed by atoms with Gasteiger partial charge in [0, 0.05) is 62.6 Å². The second-order valence-corrected chi connectivity index (χ2v) is 27.8. The van der Waals surface area contributed by atoms with Crippen LogP contribution in [0.2, 0.25) is 0 Å². The molecule has 0 aliphatic heterocycles. The zero-order chi connectivity index (χ0) is 81.4. The number of halogens is 1. The predicted octanol–water partition coefficient (Wildman–Crippen LogP) is 24.1. The molecule has 0 saturated carbocycles. The second-order valence-electron chi connectivity index (χ2n) is 26.3. The molecule has 0 radical (unpaired) electrons. The lowest BCUT2D eigenvalue weighted by molar-refractivity contribution is 0.305. The summed E-state index contributed by atoms with van der Waals surface area (Å²) in [6.07, 6.45) is 24.5. The van der Waals surface area contributed by atoms with E-state index in [1.165, 1.54) is 105 Å². The average Bonchev–Trinajstić information content (AvgIpc) is 0.831. The molecule has 0 aliphatic rings. The maximum atomic E-state index is 12.6. The fourth-order valence-corrected chi connectivity index (χ4v) is 10.8. The number of benzene rings is 12. The van der Waals surface area contributed by atoms with Gasteiger partial charge in [-0.05, 0) is 284 Å². The zero-order valence-corrected chi connectivity index (χ0v) is 66.3. The molecule has 0 unspecified atom stereocenters. The third-order valence-corrected chi connectivity index (χ3v) is 17.7. The largest absolute Gasteiger partial charge is 0.508 e. The predicted molar refractivity (Wildman–Crippen MR) is 470 cm³/mol. The molecule has 0 amide bonds. The number of phenolic OH excluding ortho intramolecular Hbond substituents is 4. The molecule has 12 rings (SSSR count). The number of nitrogens with zero attached hydrogens (tertiary/aromatic N) is 7. The SMILES string of the molecule is CCCCCCCCc1ccc(N=Cc2ccc(OCCCCCC)cc2)cc1.COc1ccc(N=Cc2ccc(N(C)C)cc2)cc1.Cc1ccc(N=Cc2ccc(O)cc2)cc1.O=S(=O)(O)c1ccc(O)c(C=Nc2ccccc2)c1.Oc1ccc(C=Nc2ccc(F)cc2)cc1.Oc1ccc(C=Nc2ccccc2)cc1. The fraction of sp³-hybridized carbons (Fsp3) is 0.188. The van der Waals surface area contributed by atoms with Crippen molar-refractivity contribution < 1.29 is 47.3 Å². The first-order valence-electron chi connectivity index (χ1n) is 37.9. The quantitative estimate of drug-likeness (QED) is 0.0177.